The molecule has 0 bridgehead atoms. The lowest BCUT2D eigenvalue weighted by Gasteiger charge is -2.45. The molecule has 0 N–H and O–H groups in total. The Morgan fingerprint density at radius 1 is 1.17 bits per heavy atom. The van der Waals surface area contributed by atoms with Crippen molar-refractivity contribution in [1.82, 2.24) is 9.80 Å². The molecule has 132 valence electrons. The van der Waals surface area contributed by atoms with E-state index in [0.29, 0.717) is 33.0 Å². The Labute approximate surface area is 144 Å². The van der Waals surface area contributed by atoms with Crippen LogP contribution in [0.3, 0.4) is 0 Å². The van der Waals surface area contributed by atoms with Gasteiger partial charge in [0.25, 0.3) is 0 Å². The first-order chi connectivity index (χ1) is 11.6. The molecular formula is C19H28N2O3. The van der Waals surface area contributed by atoms with E-state index in [2.05, 4.69) is 21.9 Å². The summed E-state index contributed by atoms with van der Waals surface area (Å²) in [6.07, 6.45) is 1.50. The summed E-state index contributed by atoms with van der Waals surface area (Å²) in [5.74, 6) is 0.243. The van der Waals surface area contributed by atoms with Gasteiger partial charge in [-0.25, -0.2) is 0 Å². The monoisotopic (exact) mass is 332 g/mol. The van der Waals surface area contributed by atoms with Gasteiger partial charge in [-0.05, 0) is 32.5 Å². The van der Waals surface area contributed by atoms with Crippen molar-refractivity contribution in [2.24, 2.45) is 0 Å². The van der Waals surface area contributed by atoms with Crippen molar-refractivity contribution in [3.63, 3.8) is 0 Å². The second-order valence-corrected chi connectivity index (χ2v) is 7.05. The fourth-order valence-electron chi connectivity index (χ4n) is 3.87. The van der Waals surface area contributed by atoms with E-state index < -0.39 is 5.41 Å². The summed E-state index contributed by atoms with van der Waals surface area (Å²) in [6.45, 7) is 4.02. The van der Waals surface area contributed by atoms with Crippen LogP contribution in [0.15, 0.2) is 30.3 Å². The van der Waals surface area contributed by atoms with Gasteiger partial charge in [0.2, 0.25) is 5.91 Å². The van der Waals surface area contributed by atoms with E-state index in [9.17, 15) is 4.79 Å². The highest BCUT2D eigenvalue weighted by atomic mass is 16.5. The van der Waals surface area contributed by atoms with Gasteiger partial charge >= 0.3 is 0 Å². The Kier molecular flexibility index (Phi) is 5.54. The van der Waals surface area contributed by atoms with E-state index in [1.807, 2.05) is 32.3 Å². The topological polar surface area (TPSA) is 42.0 Å². The molecule has 1 aromatic carbocycles. The predicted molar refractivity (Wildman–Crippen MR) is 93.0 cm³/mol. The van der Waals surface area contributed by atoms with Crippen LogP contribution in [0.5, 0.6) is 0 Å². The first-order valence-electron chi connectivity index (χ1n) is 8.80. The van der Waals surface area contributed by atoms with Crippen molar-refractivity contribution in [2.75, 3.05) is 53.6 Å². The lowest BCUT2D eigenvalue weighted by Crippen LogP contribution is -2.59. The van der Waals surface area contributed by atoms with E-state index >= 15 is 0 Å². The normalized spacial score (nSPS) is 24.1. The van der Waals surface area contributed by atoms with Crippen molar-refractivity contribution in [1.29, 1.82) is 0 Å². The number of ether oxygens (including phenoxy) is 2. The molecule has 0 aliphatic carbocycles. The summed E-state index contributed by atoms with van der Waals surface area (Å²) in [5, 5.41) is 0. The van der Waals surface area contributed by atoms with Gasteiger partial charge in [0.05, 0.1) is 24.7 Å². The number of hydrogen-bond acceptors (Lipinski definition) is 4. The standard InChI is InChI=1S/C19H28N2O3/c1-20(2)14-17-15-24-13-10-21(17)18(22)19(8-11-23-12-9-19)16-6-4-3-5-7-16/h3-7,17H,8-15H2,1-2H3. The van der Waals surface area contributed by atoms with Crippen molar-refractivity contribution < 1.29 is 14.3 Å². The Morgan fingerprint density at radius 2 is 1.88 bits per heavy atom. The van der Waals surface area contributed by atoms with Gasteiger partial charge < -0.3 is 19.3 Å². The number of carbonyl (C=O) groups excluding carboxylic acids is 1. The average Bonchev–Trinajstić information content (AvgIpc) is 2.62. The summed E-state index contributed by atoms with van der Waals surface area (Å²) in [5.41, 5.74) is 0.662. The average molecular weight is 332 g/mol. The molecule has 0 saturated carbocycles. The third-order valence-corrected chi connectivity index (χ3v) is 5.15. The van der Waals surface area contributed by atoms with Crippen LogP contribution in [0.4, 0.5) is 0 Å². The molecule has 2 aliphatic heterocycles. The molecule has 2 saturated heterocycles. The number of benzene rings is 1. The first-order valence-corrected chi connectivity index (χ1v) is 8.80. The van der Waals surface area contributed by atoms with E-state index in [-0.39, 0.29) is 11.9 Å². The predicted octanol–water partition coefficient (Wildman–Crippen LogP) is 1.52. The molecule has 24 heavy (non-hydrogen) atoms. The van der Waals surface area contributed by atoms with Gasteiger partial charge in [0, 0.05) is 26.3 Å². The van der Waals surface area contributed by atoms with Gasteiger partial charge in [-0.15, -0.1) is 0 Å². The molecule has 3 rings (SSSR count). The number of hydrogen-bond donors (Lipinski definition) is 0. The van der Waals surface area contributed by atoms with Crippen LogP contribution in [-0.4, -0.2) is 75.4 Å². The van der Waals surface area contributed by atoms with Crippen LogP contribution in [0.1, 0.15) is 18.4 Å². The number of carbonyl (C=O) groups is 1. The van der Waals surface area contributed by atoms with Crippen molar-refractivity contribution >= 4 is 5.91 Å². The minimum Gasteiger partial charge on any atom is -0.381 e. The lowest BCUT2D eigenvalue weighted by molar-refractivity contribution is -0.150. The molecule has 1 atom stereocenters. The maximum absolute atomic E-state index is 13.7. The number of rotatable bonds is 4. The number of likely N-dealkylation sites (N-methyl/N-ethyl adjacent to an activating group) is 1. The third kappa shape index (κ3) is 3.48. The van der Waals surface area contributed by atoms with Crippen LogP contribution in [0, 0.1) is 0 Å². The molecule has 0 aromatic heterocycles. The Morgan fingerprint density at radius 3 is 2.54 bits per heavy atom. The second-order valence-electron chi connectivity index (χ2n) is 7.05. The van der Waals surface area contributed by atoms with Crippen LogP contribution in [0.25, 0.3) is 0 Å². The van der Waals surface area contributed by atoms with E-state index in [4.69, 9.17) is 9.47 Å². The zero-order valence-corrected chi connectivity index (χ0v) is 14.7. The fourth-order valence-corrected chi connectivity index (χ4v) is 3.87. The van der Waals surface area contributed by atoms with Crippen LogP contribution in [-0.2, 0) is 19.7 Å². The summed E-state index contributed by atoms with van der Waals surface area (Å²) in [7, 11) is 4.08. The van der Waals surface area contributed by atoms with Crippen LogP contribution >= 0.6 is 0 Å². The molecule has 0 radical (unpaired) electrons. The van der Waals surface area contributed by atoms with Gasteiger partial charge in [-0.1, -0.05) is 30.3 Å². The minimum atomic E-state index is -0.457. The molecular weight excluding hydrogens is 304 g/mol. The summed E-state index contributed by atoms with van der Waals surface area (Å²) >= 11 is 0. The summed E-state index contributed by atoms with van der Waals surface area (Å²) < 4.78 is 11.2. The molecule has 1 amide bonds. The Bertz CT molecular complexity index is 541. The number of morpholine rings is 1. The Hall–Kier alpha value is -1.43. The number of nitrogens with zero attached hydrogens (tertiary/aromatic N) is 2. The van der Waals surface area contributed by atoms with Crippen LogP contribution in [0.2, 0.25) is 0 Å². The third-order valence-electron chi connectivity index (χ3n) is 5.15. The maximum atomic E-state index is 13.7. The van der Waals surface area contributed by atoms with Crippen molar-refractivity contribution in [2.45, 2.75) is 24.3 Å². The molecule has 2 heterocycles. The molecule has 2 fully saturated rings. The molecule has 0 spiro atoms. The highest BCUT2D eigenvalue weighted by Crippen LogP contribution is 2.37. The zero-order chi connectivity index (χ0) is 17.0. The molecule has 2 aliphatic rings. The highest BCUT2D eigenvalue weighted by Gasteiger charge is 2.46. The van der Waals surface area contributed by atoms with E-state index in [1.165, 1.54) is 0 Å². The lowest BCUT2D eigenvalue weighted by atomic mass is 9.72. The number of amides is 1. The first kappa shape index (κ1) is 17.4. The Balaban J connectivity index is 1.90. The summed E-state index contributed by atoms with van der Waals surface area (Å²) in [4.78, 5) is 17.8. The van der Waals surface area contributed by atoms with Crippen LogP contribution < -0.4 is 0 Å². The zero-order valence-electron chi connectivity index (χ0n) is 14.7. The van der Waals surface area contributed by atoms with Gasteiger partial charge in [-0.3, -0.25) is 4.79 Å². The molecule has 1 aromatic rings. The molecule has 1 unspecified atom stereocenters. The van der Waals surface area contributed by atoms with Crippen molar-refractivity contribution in [3.8, 4) is 0 Å². The fraction of sp³-hybridized carbons (Fsp3) is 0.632. The molecule has 5 heteroatoms. The SMILES string of the molecule is CN(C)CC1COCCN1C(=O)C1(c2ccccc2)CCOCC1. The van der Waals surface area contributed by atoms with Gasteiger partial charge in [0.1, 0.15) is 0 Å². The maximum Gasteiger partial charge on any atom is 0.233 e. The summed E-state index contributed by atoms with van der Waals surface area (Å²) in [6, 6.07) is 10.3. The van der Waals surface area contributed by atoms with Gasteiger partial charge in [0.15, 0.2) is 0 Å². The highest BCUT2D eigenvalue weighted by molar-refractivity contribution is 5.89. The second kappa shape index (κ2) is 7.64. The minimum absolute atomic E-state index is 0.115. The van der Waals surface area contributed by atoms with Gasteiger partial charge in [-0.2, -0.15) is 0 Å². The van der Waals surface area contributed by atoms with Crippen molar-refractivity contribution in [3.05, 3.63) is 35.9 Å². The quantitative estimate of drug-likeness (QED) is 0.838. The smallest absolute Gasteiger partial charge is 0.233 e. The van der Waals surface area contributed by atoms with E-state index in [0.717, 1.165) is 24.9 Å². The molecule has 5 nitrogen and oxygen atoms in total. The van der Waals surface area contributed by atoms with E-state index in [1.54, 1.807) is 0 Å². The largest absolute Gasteiger partial charge is 0.381 e.